The van der Waals surface area contributed by atoms with E-state index in [-0.39, 0.29) is 17.5 Å². The van der Waals surface area contributed by atoms with Gasteiger partial charge in [-0.05, 0) is 35.3 Å². The summed E-state index contributed by atoms with van der Waals surface area (Å²) in [6, 6.07) is 2.90. The predicted octanol–water partition coefficient (Wildman–Crippen LogP) is 1.48. The number of sulfonamides is 1. The number of halogens is 1. The maximum absolute atomic E-state index is 12.2. The van der Waals surface area contributed by atoms with Crippen molar-refractivity contribution >= 4 is 26.0 Å². The first kappa shape index (κ1) is 17.2. The molecule has 3 N–H and O–H groups in total. The zero-order valence-corrected chi connectivity index (χ0v) is 14.0. The lowest BCUT2D eigenvalue weighted by atomic mass is 10.3. The van der Waals surface area contributed by atoms with E-state index in [2.05, 4.69) is 20.7 Å². The van der Waals surface area contributed by atoms with E-state index >= 15 is 0 Å². The zero-order chi connectivity index (χ0) is 15.3. The third kappa shape index (κ3) is 4.34. The first-order valence-corrected chi connectivity index (χ1v) is 8.26. The molecule has 6 nitrogen and oxygen atoms in total. The number of benzene rings is 1. The number of methoxy groups -OCH3 is 2. The first-order chi connectivity index (χ1) is 9.31. The Bertz CT molecular complexity index is 561. The molecule has 0 saturated heterocycles. The Balaban J connectivity index is 3.05. The van der Waals surface area contributed by atoms with E-state index in [0.717, 1.165) is 0 Å². The van der Waals surface area contributed by atoms with Crippen molar-refractivity contribution in [1.82, 2.24) is 4.72 Å². The number of rotatable bonds is 7. The van der Waals surface area contributed by atoms with Gasteiger partial charge < -0.3 is 15.2 Å². The maximum Gasteiger partial charge on any atom is 0.241 e. The highest BCUT2D eigenvalue weighted by Crippen LogP contribution is 2.35. The summed E-state index contributed by atoms with van der Waals surface area (Å²) in [6.07, 6.45) is 0.560. The van der Waals surface area contributed by atoms with Crippen LogP contribution < -0.4 is 19.9 Å². The summed E-state index contributed by atoms with van der Waals surface area (Å²) >= 11 is 3.23. The molecule has 1 rings (SSSR count). The van der Waals surface area contributed by atoms with Gasteiger partial charge in [0.1, 0.15) is 4.90 Å². The molecule has 0 aliphatic rings. The quantitative estimate of drug-likeness (QED) is 0.762. The highest BCUT2D eigenvalue weighted by atomic mass is 79.9. The number of hydrogen-bond donors (Lipinski definition) is 2. The lowest BCUT2D eigenvalue weighted by molar-refractivity contribution is 0.353. The van der Waals surface area contributed by atoms with E-state index in [0.29, 0.717) is 22.4 Å². The summed E-state index contributed by atoms with van der Waals surface area (Å²) in [5, 5.41) is 0. The van der Waals surface area contributed by atoms with E-state index in [1.165, 1.54) is 20.3 Å². The van der Waals surface area contributed by atoms with Crippen molar-refractivity contribution in [3.8, 4) is 11.5 Å². The van der Waals surface area contributed by atoms with Gasteiger partial charge in [-0.15, -0.1) is 0 Å². The Kier molecular flexibility index (Phi) is 6.25. The SMILES string of the molecule is COc1cc(Br)c(S(=O)(=O)NCCC(C)N)cc1OC. The fourth-order valence-electron chi connectivity index (χ4n) is 1.54. The van der Waals surface area contributed by atoms with Crippen LogP contribution in [-0.2, 0) is 10.0 Å². The molecule has 0 amide bonds. The average Bonchev–Trinajstić information content (AvgIpc) is 2.37. The van der Waals surface area contributed by atoms with Crippen molar-refractivity contribution in [2.45, 2.75) is 24.3 Å². The Morgan fingerprint density at radius 3 is 2.35 bits per heavy atom. The first-order valence-electron chi connectivity index (χ1n) is 5.98. The van der Waals surface area contributed by atoms with Gasteiger partial charge in [0.05, 0.1) is 14.2 Å². The number of ether oxygens (including phenoxy) is 2. The van der Waals surface area contributed by atoms with Crippen LogP contribution in [0.25, 0.3) is 0 Å². The standard InChI is InChI=1S/C12H19BrN2O4S/c1-8(14)4-5-15-20(16,17)12-7-11(19-3)10(18-2)6-9(12)13/h6-8,15H,4-5,14H2,1-3H3. The fraction of sp³-hybridized carbons (Fsp3) is 0.500. The monoisotopic (exact) mass is 366 g/mol. The molecule has 1 aromatic rings. The Morgan fingerprint density at radius 2 is 1.85 bits per heavy atom. The molecule has 20 heavy (non-hydrogen) atoms. The Morgan fingerprint density at radius 1 is 1.30 bits per heavy atom. The van der Waals surface area contributed by atoms with Crippen LogP contribution in [0.5, 0.6) is 11.5 Å². The normalized spacial score (nSPS) is 13.1. The summed E-state index contributed by atoms with van der Waals surface area (Å²) in [6.45, 7) is 2.10. The molecule has 0 bridgehead atoms. The minimum absolute atomic E-state index is 0.0634. The van der Waals surface area contributed by atoms with E-state index < -0.39 is 10.0 Å². The lowest BCUT2D eigenvalue weighted by Gasteiger charge is -2.13. The van der Waals surface area contributed by atoms with Crippen LogP contribution in [0.15, 0.2) is 21.5 Å². The number of nitrogens with one attached hydrogen (secondary N) is 1. The van der Waals surface area contributed by atoms with Crippen LogP contribution in [0, 0.1) is 0 Å². The molecule has 1 atom stereocenters. The van der Waals surface area contributed by atoms with Gasteiger partial charge in [0.25, 0.3) is 0 Å². The molecular formula is C12H19BrN2O4S. The van der Waals surface area contributed by atoms with E-state index in [9.17, 15) is 8.42 Å². The number of hydrogen-bond acceptors (Lipinski definition) is 5. The van der Waals surface area contributed by atoms with E-state index in [4.69, 9.17) is 15.2 Å². The average molecular weight is 367 g/mol. The molecule has 0 spiro atoms. The summed E-state index contributed by atoms with van der Waals surface area (Å²) in [7, 11) is -0.697. The minimum atomic E-state index is -3.63. The molecule has 0 fully saturated rings. The van der Waals surface area contributed by atoms with Gasteiger partial charge in [0.2, 0.25) is 10.0 Å². The van der Waals surface area contributed by atoms with Gasteiger partial charge in [-0.2, -0.15) is 0 Å². The Hall–Kier alpha value is -0.830. The molecule has 0 saturated carbocycles. The summed E-state index contributed by atoms with van der Waals surface area (Å²) < 4.78 is 37.6. The molecule has 1 aromatic carbocycles. The molecule has 8 heteroatoms. The second-order valence-electron chi connectivity index (χ2n) is 4.30. The smallest absolute Gasteiger partial charge is 0.241 e. The molecule has 0 aliphatic heterocycles. The van der Waals surface area contributed by atoms with Gasteiger partial charge in [0.15, 0.2) is 11.5 Å². The van der Waals surface area contributed by atoms with Crippen LogP contribution in [0.1, 0.15) is 13.3 Å². The third-order valence-electron chi connectivity index (χ3n) is 2.62. The second-order valence-corrected chi connectivity index (χ2v) is 6.89. The van der Waals surface area contributed by atoms with Gasteiger partial charge in [-0.25, -0.2) is 13.1 Å². The van der Waals surface area contributed by atoms with Crippen molar-refractivity contribution in [3.05, 3.63) is 16.6 Å². The van der Waals surface area contributed by atoms with Crippen LogP contribution in [0.3, 0.4) is 0 Å². The number of nitrogens with two attached hydrogens (primary N) is 1. The Labute approximate surface area is 127 Å². The van der Waals surface area contributed by atoms with Crippen molar-refractivity contribution in [2.24, 2.45) is 5.73 Å². The van der Waals surface area contributed by atoms with E-state index in [1.807, 2.05) is 6.92 Å². The predicted molar refractivity (Wildman–Crippen MR) is 80.7 cm³/mol. The summed E-state index contributed by atoms with van der Waals surface area (Å²) in [5.41, 5.74) is 5.59. The van der Waals surface area contributed by atoms with Gasteiger partial charge >= 0.3 is 0 Å². The van der Waals surface area contributed by atoms with E-state index in [1.54, 1.807) is 6.07 Å². The van der Waals surface area contributed by atoms with Crippen LogP contribution in [0.4, 0.5) is 0 Å². The van der Waals surface area contributed by atoms with Gasteiger partial charge in [0, 0.05) is 23.1 Å². The van der Waals surface area contributed by atoms with Crippen molar-refractivity contribution in [1.29, 1.82) is 0 Å². The van der Waals surface area contributed by atoms with Crippen LogP contribution in [0.2, 0.25) is 0 Å². The molecule has 114 valence electrons. The highest BCUT2D eigenvalue weighted by molar-refractivity contribution is 9.10. The summed E-state index contributed by atoms with van der Waals surface area (Å²) in [4.78, 5) is 0.0971. The van der Waals surface area contributed by atoms with Crippen LogP contribution in [-0.4, -0.2) is 35.2 Å². The topological polar surface area (TPSA) is 90.7 Å². The largest absolute Gasteiger partial charge is 0.493 e. The van der Waals surface area contributed by atoms with Gasteiger partial charge in [-0.1, -0.05) is 0 Å². The zero-order valence-electron chi connectivity index (χ0n) is 11.6. The molecule has 1 unspecified atom stereocenters. The van der Waals surface area contributed by atoms with Crippen molar-refractivity contribution < 1.29 is 17.9 Å². The van der Waals surface area contributed by atoms with Gasteiger partial charge in [-0.3, -0.25) is 0 Å². The molecule has 0 heterocycles. The third-order valence-corrected chi connectivity index (χ3v) is 5.04. The molecule has 0 aromatic heterocycles. The minimum Gasteiger partial charge on any atom is -0.493 e. The molecule has 0 aliphatic carbocycles. The highest BCUT2D eigenvalue weighted by Gasteiger charge is 2.20. The molecular weight excluding hydrogens is 348 g/mol. The lowest BCUT2D eigenvalue weighted by Crippen LogP contribution is -2.29. The molecule has 0 radical (unpaired) electrons. The second kappa shape index (κ2) is 7.26. The maximum atomic E-state index is 12.2. The fourth-order valence-corrected chi connectivity index (χ4v) is 3.62. The van der Waals surface area contributed by atoms with Crippen molar-refractivity contribution in [3.63, 3.8) is 0 Å². The van der Waals surface area contributed by atoms with Crippen molar-refractivity contribution in [2.75, 3.05) is 20.8 Å². The summed E-state index contributed by atoms with van der Waals surface area (Å²) in [5.74, 6) is 0.803. The van der Waals surface area contributed by atoms with Crippen LogP contribution >= 0.6 is 15.9 Å².